The number of likely N-dealkylation sites (tertiary alicyclic amines) is 1. The largest absolute Gasteiger partial charge is 0.476 e. The Morgan fingerprint density at radius 1 is 1.03 bits per heavy atom. The minimum Gasteiger partial charge on any atom is -0.476 e. The molecule has 2 aromatic rings. The molecule has 1 saturated heterocycles. The molecular weight excluding hydrogens is 426 g/mol. The van der Waals surface area contributed by atoms with Crippen LogP contribution in [0.5, 0.6) is 5.75 Å². The summed E-state index contributed by atoms with van der Waals surface area (Å²) in [5.74, 6) is 0.0459. The van der Waals surface area contributed by atoms with Crippen LogP contribution in [-0.4, -0.2) is 50.7 Å². The van der Waals surface area contributed by atoms with E-state index >= 15 is 0 Å². The van der Waals surface area contributed by atoms with Crippen LogP contribution >= 0.6 is 0 Å². The van der Waals surface area contributed by atoms with E-state index in [2.05, 4.69) is 16.3 Å². The Labute approximate surface area is 190 Å². The van der Waals surface area contributed by atoms with E-state index < -0.39 is 16.1 Å². The summed E-state index contributed by atoms with van der Waals surface area (Å²) in [5, 5.41) is 2.96. The molecule has 1 atom stereocenters. The van der Waals surface area contributed by atoms with Crippen LogP contribution < -0.4 is 14.4 Å². The van der Waals surface area contributed by atoms with Crippen LogP contribution in [0, 0.1) is 0 Å². The molecule has 172 valence electrons. The fourth-order valence-electron chi connectivity index (χ4n) is 4.30. The molecule has 2 aliphatic rings. The molecule has 0 saturated carbocycles. The van der Waals surface area contributed by atoms with Crippen molar-refractivity contribution < 1.29 is 17.9 Å². The fourth-order valence-corrected chi connectivity index (χ4v) is 5.42. The van der Waals surface area contributed by atoms with Crippen molar-refractivity contribution in [2.24, 2.45) is 0 Å². The molecule has 4 rings (SSSR count). The molecule has 1 amide bonds. The number of piperidine rings is 1. The average Bonchev–Trinajstić information content (AvgIpc) is 2.83. The number of fused-ring (bicyclic) bond motifs is 1. The van der Waals surface area contributed by atoms with Crippen molar-refractivity contribution in [2.75, 3.05) is 29.7 Å². The van der Waals surface area contributed by atoms with E-state index in [1.807, 2.05) is 18.2 Å². The Kier molecular flexibility index (Phi) is 7.01. The number of para-hydroxylation sites is 2. The number of hydrogen-bond acceptors (Lipinski definition) is 5. The van der Waals surface area contributed by atoms with Crippen LogP contribution in [-0.2, 0) is 27.9 Å². The zero-order valence-electron chi connectivity index (χ0n) is 18.5. The zero-order valence-corrected chi connectivity index (χ0v) is 19.3. The zero-order chi connectivity index (χ0) is 22.6. The van der Waals surface area contributed by atoms with Crippen LogP contribution in [0.4, 0.5) is 5.69 Å². The van der Waals surface area contributed by atoms with Gasteiger partial charge in [-0.25, -0.2) is 8.42 Å². The molecule has 0 bridgehead atoms. The van der Waals surface area contributed by atoms with Gasteiger partial charge in [0.2, 0.25) is 10.0 Å². The number of amides is 1. The molecule has 8 heteroatoms. The number of rotatable bonds is 7. The van der Waals surface area contributed by atoms with Gasteiger partial charge in [0.05, 0.1) is 18.0 Å². The minimum atomic E-state index is -3.52. The minimum absolute atomic E-state index is 0.0333. The average molecular weight is 458 g/mol. The van der Waals surface area contributed by atoms with E-state index in [0.29, 0.717) is 18.0 Å². The van der Waals surface area contributed by atoms with Crippen molar-refractivity contribution >= 4 is 21.6 Å². The van der Waals surface area contributed by atoms with E-state index in [-0.39, 0.29) is 18.2 Å². The molecule has 2 heterocycles. The van der Waals surface area contributed by atoms with E-state index in [0.717, 1.165) is 25.2 Å². The van der Waals surface area contributed by atoms with E-state index in [9.17, 15) is 13.2 Å². The van der Waals surface area contributed by atoms with Crippen molar-refractivity contribution in [1.29, 1.82) is 0 Å². The number of sulfonamides is 1. The quantitative estimate of drug-likeness (QED) is 0.692. The first-order chi connectivity index (χ1) is 15.5. The van der Waals surface area contributed by atoms with Gasteiger partial charge in [-0.2, -0.15) is 0 Å². The summed E-state index contributed by atoms with van der Waals surface area (Å²) in [6, 6.07) is 15.1. The van der Waals surface area contributed by atoms with Gasteiger partial charge < -0.3 is 10.1 Å². The molecule has 1 N–H and O–H groups in total. The third kappa shape index (κ3) is 5.07. The number of nitrogens with one attached hydrogen (secondary N) is 1. The lowest BCUT2D eigenvalue weighted by atomic mass is 10.0. The van der Waals surface area contributed by atoms with Gasteiger partial charge in [0, 0.05) is 13.1 Å². The highest BCUT2D eigenvalue weighted by atomic mass is 32.2. The van der Waals surface area contributed by atoms with Crippen LogP contribution in [0.15, 0.2) is 48.5 Å². The molecule has 2 aliphatic heterocycles. The highest BCUT2D eigenvalue weighted by Gasteiger charge is 2.35. The summed E-state index contributed by atoms with van der Waals surface area (Å²) in [6.45, 7) is 5.04. The monoisotopic (exact) mass is 457 g/mol. The predicted octanol–water partition coefficient (Wildman–Crippen LogP) is 2.91. The molecule has 32 heavy (non-hydrogen) atoms. The molecule has 0 radical (unpaired) electrons. The fraction of sp³-hybridized carbons (Fsp3) is 0.458. The number of benzene rings is 2. The Morgan fingerprint density at radius 3 is 2.47 bits per heavy atom. The van der Waals surface area contributed by atoms with Gasteiger partial charge in [-0.1, -0.05) is 42.8 Å². The number of carbonyl (C=O) groups is 1. The Hall–Kier alpha value is -2.58. The second-order valence-electron chi connectivity index (χ2n) is 8.33. The summed E-state index contributed by atoms with van der Waals surface area (Å²) in [4.78, 5) is 15.4. The molecule has 1 fully saturated rings. The summed E-state index contributed by atoms with van der Waals surface area (Å²) in [5.41, 5.74) is 2.76. The van der Waals surface area contributed by atoms with E-state index in [1.165, 1.54) is 29.1 Å². The van der Waals surface area contributed by atoms with Crippen molar-refractivity contribution in [3.63, 3.8) is 0 Å². The number of nitrogens with zero attached hydrogens (tertiary/aromatic N) is 2. The molecule has 7 nitrogen and oxygen atoms in total. The van der Waals surface area contributed by atoms with Gasteiger partial charge in [0.25, 0.3) is 5.91 Å². The lowest BCUT2D eigenvalue weighted by molar-refractivity contribution is -0.127. The second-order valence-corrected chi connectivity index (χ2v) is 10.5. The molecule has 2 aromatic carbocycles. The van der Waals surface area contributed by atoms with Crippen LogP contribution in [0.3, 0.4) is 0 Å². The van der Waals surface area contributed by atoms with Gasteiger partial charge in [-0.15, -0.1) is 0 Å². The van der Waals surface area contributed by atoms with Gasteiger partial charge >= 0.3 is 0 Å². The van der Waals surface area contributed by atoms with E-state index in [4.69, 9.17) is 4.74 Å². The number of anilines is 1. The Bertz CT molecular complexity index is 1050. The maximum absolute atomic E-state index is 13.0. The van der Waals surface area contributed by atoms with Crippen LogP contribution in [0.2, 0.25) is 0 Å². The SMILES string of the molecule is CCS(=O)(=O)N1C[C@@H](C(=O)NCc2ccccc2CN2CCCCC2)Oc2ccccc21. The maximum atomic E-state index is 13.0. The summed E-state index contributed by atoms with van der Waals surface area (Å²) < 4.78 is 32.4. The first-order valence-corrected chi connectivity index (χ1v) is 12.9. The summed E-state index contributed by atoms with van der Waals surface area (Å²) in [6.07, 6.45) is 2.86. The summed E-state index contributed by atoms with van der Waals surface area (Å²) >= 11 is 0. The smallest absolute Gasteiger partial charge is 0.263 e. The number of ether oxygens (including phenoxy) is 1. The molecule has 0 unspecified atom stereocenters. The molecule has 0 spiro atoms. The highest BCUT2D eigenvalue weighted by Crippen LogP contribution is 2.35. The van der Waals surface area contributed by atoms with Gasteiger partial charge in [-0.3, -0.25) is 14.0 Å². The summed E-state index contributed by atoms with van der Waals surface area (Å²) in [7, 11) is -3.52. The van der Waals surface area contributed by atoms with Crippen molar-refractivity contribution in [3.05, 3.63) is 59.7 Å². The Balaban J connectivity index is 1.45. The van der Waals surface area contributed by atoms with Crippen molar-refractivity contribution in [3.8, 4) is 5.75 Å². The maximum Gasteiger partial charge on any atom is 0.263 e. The third-order valence-corrected chi connectivity index (χ3v) is 7.89. The number of carbonyl (C=O) groups excluding carboxylic acids is 1. The van der Waals surface area contributed by atoms with Gasteiger partial charge in [-0.05, 0) is 56.1 Å². The lowest BCUT2D eigenvalue weighted by Crippen LogP contribution is -2.50. The topological polar surface area (TPSA) is 79.0 Å². The van der Waals surface area contributed by atoms with E-state index in [1.54, 1.807) is 31.2 Å². The first kappa shape index (κ1) is 22.6. The van der Waals surface area contributed by atoms with Gasteiger partial charge in [0.15, 0.2) is 6.10 Å². The van der Waals surface area contributed by atoms with Crippen LogP contribution in [0.25, 0.3) is 0 Å². The molecule has 0 aliphatic carbocycles. The molecule has 0 aromatic heterocycles. The lowest BCUT2D eigenvalue weighted by Gasteiger charge is -2.34. The predicted molar refractivity (Wildman–Crippen MR) is 125 cm³/mol. The standard InChI is InChI=1S/C24H31N3O4S/c1-2-32(29,30)27-18-23(31-22-13-7-6-12-21(22)27)24(28)25-16-19-10-4-5-11-20(19)17-26-14-8-3-9-15-26/h4-7,10-13,23H,2-3,8-9,14-18H2,1H3,(H,25,28)/t23-/m0/s1. The van der Waals surface area contributed by atoms with Crippen molar-refractivity contribution in [1.82, 2.24) is 10.2 Å². The normalized spacial score (nSPS) is 19.2. The first-order valence-electron chi connectivity index (χ1n) is 11.3. The van der Waals surface area contributed by atoms with Crippen LogP contribution in [0.1, 0.15) is 37.3 Å². The third-order valence-electron chi connectivity index (χ3n) is 6.14. The molecular formula is C24H31N3O4S. The number of hydrogen-bond donors (Lipinski definition) is 1. The Morgan fingerprint density at radius 2 is 1.72 bits per heavy atom. The highest BCUT2D eigenvalue weighted by molar-refractivity contribution is 7.92. The van der Waals surface area contributed by atoms with Gasteiger partial charge in [0.1, 0.15) is 5.75 Å². The second kappa shape index (κ2) is 9.92. The van der Waals surface area contributed by atoms with Crippen molar-refractivity contribution in [2.45, 2.75) is 45.4 Å².